The van der Waals surface area contributed by atoms with E-state index in [2.05, 4.69) is 0 Å². The van der Waals surface area contributed by atoms with Crippen LogP contribution in [0.15, 0.2) is 24.3 Å². The van der Waals surface area contributed by atoms with E-state index in [1.807, 2.05) is 31.2 Å². The van der Waals surface area contributed by atoms with Gasteiger partial charge in [0.2, 0.25) is 0 Å². The summed E-state index contributed by atoms with van der Waals surface area (Å²) in [4.78, 5) is 0. The van der Waals surface area contributed by atoms with Gasteiger partial charge in [-0.1, -0.05) is 29.8 Å². The molecule has 0 aliphatic carbocycles. The summed E-state index contributed by atoms with van der Waals surface area (Å²) in [6.07, 6.45) is 0.482. The zero-order chi connectivity index (χ0) is 10.7. The molecule has 1 aromatic carbocycles. The van der Waals surface area contributed by atoms with Gasteiger partial charge < -0.3 is 14.6 Å². The Bertz CT molecular complexity index is 312. The van der Waals surface area contributed by atoms with Crippen molar-refractivity contribution in [2.75, 3.05) is 19.8 Å². The van der Waals surface area contributed by atoms with Gasteiger partial charge in [-0.05, 0) is 6.92 Å². The third-order valence-electron chi connectivity index (χ3n) is 2.69. The van der Waals surface area contributed by atoms with Crippen LogP contribution in [0.2, 0.25) is 0 Å². The maximum Gasteiger partial charge on any atom is 0.197 e. The monoisotopic (exact) mass is 208 g/mol. The van der Waals surface area contributed by atoms with Gasteiger partial charge in [-0.25, -0.2) is 0 Å². The lowest BCUT2D eigenvalue weighted by Crippen LogP contribution is -2.28. The summed E-state index contributed by atoms with van der Waals surface area (Å²) in [6, 6.07) is 8.05. The molecule has 0 aromatic heterocycles. The number of hydrogen-bond acceptors (Lipinski definition) is 3. The van der Waals surface area contributed by atoms with Crippen molar-refractivity contribution in [3.8, 4) is 0 Å². The van der Waals surface area contributed by atoms with Crippen molar-refractivity contribution >= 4 is 0 Å². The molecule has 0 spiro atoms. The van der Waals surface area contributed by atoms with Crippen LogP contribution < -0.4 is 0 Å². The fraction of sp³-hybridized carbons (Fsp3) is 0.500. The first-order valence-corrected chi connectivity index (χ1v) is 5.23. The first kappa shape index (κ1) is 10.6. The average Bonchev–Trinajstić information content (AvgIpc) is 2.69. The second-order valence-electron chi connectivity index (χ2n) is 3.79. The Kier molecular flexibility index (Phi) is 3.05. The molecule has 1 saturated heterocycles. The van der Waals surface area contributed by atoms with Gasteiger partial charge in [-0.2, -0.15) is 0 Å². The van der Waals surface area contributed by atoms with Crippen LogP contribution in [0.4, 0.5) is 0 Å². The molecule has 1 aliphatic heterocycles. The highest BCUT2D eigenvalue weighted by atomic mass is 16.7. The van der Waals surface area contributed by atoms with Crippen LogP contribution in [0.5, 0.6) is 0 Å². The Morgan fingerprint density at radius 1 is 1.20 bits per heavy atom. The Morgan fingerprint density at radius 3 is 2.33 bits per heavy atom. The average molecular weight is 208 g/mol. The van der Waals surface area contributed by atoms with Gasteiger partial charge in [0.05, 0.1) is 13.2 Å². The molecule has 0 radical (unpaired) electrons. The second kappa shape index (κ2) is 4.31. The molecular formula is C12H16O3. The van der Waals surface area contributed by atoms with Crippen LogP contribution in [0, 0.1) is 6.92 Å². The van der Waals surface area contributed by atoms with E-state index >= 15 is 0 Å². The Balaban J connectivity index is 2.28. The summed E-state index contributed by atoms with van der Waals surface area (Å²) >= 11 is 0. The normalized spacial score (nSPS) is 19.3. The summed E-state index contributed by atoms with van der Waals surface area (Å²) in [7, 11) is 0. The van der Waals surface area contributed by atoms with E-state index in [0.717, 1.165) is 5.56 Å². The lowest BCUT2D eigenvalue weighted by Gasteiger charge is -2.27. The molecule has 82 valence electrons. The molecule has 0 unspecified atom stereocenters. The Hall–Kier alpha value is -0.900. The number of aliphatic hydroxyl groups excluding tert-OH is 1. The number of ether oxygens (including phenoxy) is 2. The molecule has 1 heterocycles. The molecule has 3 nitrogen and oxygen atoms in total. The van der Waals surface area contributed by atoms with E-state index in [0.29, 0.717) is 19.6 Å². The molecule has 0 amide bonds. The number of rotatable bonds is 3. The molecule has 1 aromatic rings. The van der Waals surface area contributed by atoms with Crippen molar-refractivity contribution in [2.45, 2.75) is 19.1 Å². The zero-order valence-electron chi connectivity index (χ0n) is 8.90. The smallest absolute Gasteiger partial charge is 0.197 e. The van der Waals surface area contributed by atoms with E-state index in [1.54, 1.807) is 0 Å². The summed E-state index contributed by atoms with van der Waals surface area (Å²) in [5, 5.41) is 9.05. The summed E-state index contributed by atoms with van der Waals surface area (Å²) in [5.41, 5.74) is 2.19. The van der Waals surface area contributed by atoms with Gasteiger partial charge in [0.1, 0.15) is 0 Å². The van der Waals surface area contributed by atoms with Crippen molar-refractivity contribution < 1.29 is 14.6 Å². The van der Waals surface area contributed by atoms with Crippen LogP contribution in [0.3, 0.4) is 0 Å². The van der Waals surface area contributed by atoms with Gasteiger partial charge in [0.15, 0.2) is 5.79 Å². The molecule has 1 N–H and O–H groups in total. The molecule has 0 bridgehead atoms. The number of hydrogen-bond donors (Lipinski definition) is 1. The van der Waals surface area contributed by atoms with Crippen molar-refractivity contribution in [2.24, 2.45) is 0 Å². The predicted octanol–water partition coefficient (Wildman–Crippen LogP) is 1.58. The van der Waals surface area contributed by atoms with Gasteiger partial charge in [0, 0.05) is 18.6 Å². The van der Waals surface area contributed by atoms with Crippen LogP contribution in [0.1, 0.15) is 17.5 Å². The third-order valence-corrected chi connectivity index (χ3v) is 2.69. The highest BCUT2D eigenvalue weighted by Gasteiger charge is 2.37. The van der Waals surface area contributed by atoms with Gasteiger partial charge in [-0.15, -0.1) is 0 Å². The molecule has 0 atom stereocenters. The second-order valence-corrected chi connectivity index (χ2v) is 3.79. The summed E-state index contributed by atoms with van der Waals surface area (Å²) in [6.45, 7) is 3.29. The predicted molar refractivity (Wildman–Crippen MR) is 56.5 cm³/mol. The fourth-order valence-electron chi connectivity index (χ4n) is 1.86. The highest BCUT2D eigenvalue weighted by Crippen LogP contribution is 2.34. The van der Waals surface area contributed by atoms with E-state index in [-0.39, 0.29) is 6.61 Å². The number of benzene rings is 1. The largest absolute Gasteiger partial charge is 0.396 e. The lowest BCUT2D eigenvalue weighted by molar-refractivity contribution is -0.175. The summed E-state index contributed by atoms with van der Waals surface area (Å²) in [5.74, 6) is -0.720. The van der Waals surface area contributed by atoms with E-state index in [4.69, 9.17) is 14.6 Å². The molecule has 1 fully saturated rings. The SMILES string of the molecule is Cc1ccc(C2(CCO)OCCO2)cc1. The minimum Gasteiger partial charge on any atom is -0.396 e. The molecule has 3 heteroatoms. The van der Waals surface area contributed by atoms with Gasteiger partial charge >= 0.3 is 0 Å². The van der Waals surface area contributed by atoms with Crippen molar-refractivity contribution in [1.29, 1.82) is 0 Å². The van der Waals surface area contributed by atoms with Crippen LogP contribution in [-0.2, 0) is 15.3 Å². The first-order chi connectivity index (χ1) is 7.27. The van der Waals surface area contributed by atoms with Crippen LogP contribution in [-0.4, -0.2) is 24.9 Å². The van der Waals surface area contributed by atoms with Crippen molar-refractivity contribution in [1.82, 2.24) is 0 Å². The molecule has 1 aliphatic rings. The van der Waals surface area contributed by atoms with Gasteiger partial charge in [0.25, 0.3) is 0 Å². The maximum atomic E-state index is 9.05. The fourth-order valence-corrected chi connectivity index (χ4v) is 1.86. The minimum atomic E-state index is -0.720. The summed E-state index contributed by atoms with van der Waals surface area (Å²) < 4.78 is 11.2. The molecule has 0 saturated carbocycles. The minimum absolute atomic E-state index is 0.0634. The van der Waals surface area contributed by atoms with E-state index < -0.39 is 5.79 Å². The van der Waals surface area contributed by atoms with Crippen molar-refractivity contribution in [3.63, 3.8) is 0 Å². The lowest BCUT2D eigenvalue weighted by atomic mass is 10.0. The standard InChI is InChI=1S/C12H16O3/c1-10-2-4-11(5-3-10)12(6-7-13)14-8-9-15-12/h2-5,13H,6-9H2,1H3. The zero-order valence-corrected chi connectivity index (χ0v) is 8.90. The topological polar surface area (TPSA) is 38.7 Å². The van der Waals surface area contributed by atoms with Crippen molar-refractivity contribution in [3.05, 3.63) is 35.4 Å². The van der Waals surface area contributed by atoms with E-state index in [9.17, 15) is 0 Å². The number of aryl methyl sites for hydroxylation is 1. The highest BCUT2D eigenvalue weighted by molar-refractivity contribution is 5.25. The Morgan fingerprint density at radius 2 is 1.80 bits per heavy atom. The van der Waals surface area contributed by atoms with E-state index in [1.165, 1.54) is 5.56 Å². The quantitative estimate of drug-likeness (QED) is 0.819. The molecular weight excluding hydrogens is 192 g/mol. The Labute approximate surface area is 89.6 Å². The van der Waals surface area contributed by atoms with Crippen LogP contribution >= 0.6 is 0 Å². The molecule has 15 heavy (non-hydrogen) atoms. The maximum absolute atomic E-state index is 9.05. The first-order valence-electron chi connectivity index (χ1n) is 5.23. The number of aliphatic hydroxyl groups is 1. The third kappa shape index (κ3) is 2.04. The van der Waals surface area contributed by atoms with Crippen LogP contribution in [0.25, 0.3) is 0 Å². The van der Waals surface area contributed by atoms with Gasteiger partial charge in [-0.3, -0.25) is 0 Å². The molecule has 2 rings (SSSR count).